The highest BCUT2D eigenvalue weighted by Crippen LogP contribution is 2.44. The summed E-state index contributed by atoms with van der Waals surface area (Å²) in [5, 5.41) is 7.00. The van der Waals surface area contributed by atoms with Crippen LogP contribution in [-0.4, -0.2) is 0 Å². The van der Waals surface area contributed by atoms with E-state index in [1.807, 2.05) is 6.07 Å². The lowest BCUT2D eigenvalue weighted by Crippen LogP contribution is -2.10. The van der Waals surface area contributed by atoms with Crippen molar-refractivity contribution < 1.29 is 4.42 Å². The van der Waals surface area contributed by atoms with E-state index in [9.17, 15) is 0 Å². The Morgan fingerprint density at radius 2 is 0.978 bits per heavy atom. The first-order chi connectivity index (χ1) is 22.8. The van der Waals surface area contributed by atoms with E-state index in [2.05, 4.69) is 175 Å². The number of furan rings is 1. The highest BCUT2D eigenvalue weighted by molar-refractivity contribution is 6.19. The molecule has 0 unspecified atom stereocenters. The lowest BCUT2D eigenvalue weighted by atomic mass is 9.97. The number of para-hydroxylation sites is 1. The zero-order valence-corrected chi connectivity index (χ0v) is 25.1. The van der Waals surface area contributed by atoms with Crippen molar-refractivity contribution in [2.45, 2.75) is 0 Å². The molecule has 2 heteroatoms. The number of rotatable bonds is 5. The number of benzene rings is 8. The molecule has 0 spiro atoms. The predicted octanol–water partition coefficient (Wildman–Crippen LogP) is 12.7. The predicted molar refractivity (Wildman–Crippen MR) is 194 cm³/mol. The molecule has 1 heterocycles. The molecular weight excluding hydrogens is 558 g/mol. The van der Waals surface area contributed by atoms with Crippen molar-refractivity contribution in [2.24, 2.45) is 0 Å². The molecule has 0 atom stereocenters. The van der Waals surface area contributed by atoms with Crippen LogP contribution >= 0.6 is 0 Å². The molecule has 0 bridgehead atoms. The van der Waals surface area contributed by atoms with Crippen LogP contribution in [0.4, 0.5) is 17.1 Å². The van der Waals surface area contributed by atoms with Crippen LogP contribution in [-0.2, 0) is 0 Å². The number of hydrogen-bond acceptors (Lipinski definition) is 2. The largest absolute Gasteiger partial charge is 0.455 e. The van der Waals surface area contributed by atoms with E-state index in [1.54, 1.807) is 0 Å². The maximum Gasteiger partial charge on any atom is 0.145 e. The molecule has 9 rings (SSSR count). The first-order valence-corrected chi connectivity index (χ1v) is 15.7. The number of anilines is 3. The summed E-state index contributed by atoms with van der Waals surface area (Å²) in [6.45, 7) is 0. The standard InChI is InChI=1S/C44H29NO/c1-2-10-30(11-3-1)31-20-25-35(26-21-31)45(36-27-22-33(23-28-36)38-17-8-13-32-12-4-5-15-37(32)38)41-18-9-14-34-24-29-40-39-16-6-7-19-42(39)46-44(40)43(34)41/h1-29H. The zero-order chi connectivity index (χ0) is 30.5. The third-order valence-electron chi connectivity index (χ3n) is 9.06. The van der Waals surface area contributed by atoms with Crippen molar-refractivity contribution >= 4 is 60.5 Å². The molecule has 0 saturated carbocycles. The van der Waals surface area contributed by atoms with Crippen LogP contribution in [0, 0.1) is 0 Å². The molecule has 216 valence electrons. The van der Waals surface area contributed by atoms with E-state index in [-0.39, 0.29) is 0 Å². The minimum Gasteiger partial charge on any atom is -0.455 e. The highest BCUT2D eigenvalue weighted by Gasteiger charge is 2.20. The van der Waals surface area contributed by atoms with Crippen LogP contribution in [0.2, 0.25) is 0 Å². The van der Waals surface area contributed by atoms with Crippen LogP contribution in [0.3, 0.4) is 0 Å². The van der Waals surface area contributed by atoms with Gasteiger partial charge in [0.25, 0.3) is 0 Å². The fourth-order valence-electron chi connectivity index (χ4n) is 6.85. The van der Waals surface area contributed by atoms with Gasteiger partial charge in [-0.1, -0.05) is 133 Å². The van der Waals surface area contributed by atoms with E-state index in [0.29, 0.717) is 0 Å². The van der Waals surface area contributed by atoms with Gasteiger partial charge in [-0.3, -0.25) is 0 Å². The number of fused-ring (bicyclic) bond motifs is 6. The Hall–Kier alpha value is -6.12. The van der Waals surface area contributed by atoms with Crippen molar-refractivity contribution in [3.8, 4) is 22.3 Å². The summed E-state index contributed by atoms with van der Waals surface area (Å²) in [5.41, 5.74) is 9.87. The van der Waals surface area contributed by atoms with E-state index in [0.717, 1.165) is 49.8 Å². The Labute approximate surface area is 267 Å². The van der Waals surface area contributed by atoms with Gasteiger partial charge in [0, 0.05) is 27.5 Å². The van der Waals surface area contributed by atoms with Gasteiger partial charge in [0.05, 0.1) is 5.69 Å². The Kier molecular flexibility index (Phi) is 6.17. The van der Waals surface area contributed by atoms with Crippen LogP contribution in [0.15, 0.2) is 180 Å². The maximum atomic E-state index is 6.60. The molecule has 0 amide bonds. The van der Waals surface area contributed by atoms with Crippen LogP contribution < -0.4 is 4.90 Å². The van der Waals surface area contributed by atoms with Crippen LogP contribution in [0.5, 0.6) is 0 Å². The summed E-state index contributed by atoms with van der Waals surface area (Å²) in [6, 6.07) is 62.7. The Morgan fingerprint density at radius 3 is 1.78 bits per heavy atom. The fraction of sp³-hybridized carbons (Fsp3) is 0. The highest BCUT2D eigenvalue weighted by atomic mass is 16.3. The molecule has 8 aromatic carbocycles. The lowest BCUT2D eigenvalue weighted by Gasteiger charge is -2.27. The van der Waals surface area contributed by atoms with Crippen molar-refractivity contribution in [1.29, 1.82) is 0 Å². The van der Waals surface area contributed by atoms with Crippen LogP contribution in [0.25, 0.3) is 65.7 Å². The molecule has 0 aliphatic rings. The van der Waals surface area contributed by atoms with Crippen molar-refractivity contribution in [3.63, 3.8) is 0 Å². The summed E-state index contributed by atoms with van der Waals surface area (Å²) < 4.78 is 6.60. The van der Waals surface area contributed by atoms with Gasteiger partial charge >= 0.3 is 0 Å². The molecule has 1 aromatic heterocycles. The van der Waals surface area contributed by atoms with Gasteiger partial charge in [0.15, 0.2) is 0 Å². The van der Waals surface area contributed by atoms with Gasteiger partial charge in [0.2, 0.25) is 0 Å². The quantitative estimate of drug-likeness (QED) is 0.199. The molecule has 0 radical (unpaired) electrons. The van der Waals surface area contributed by atoms with Crippen molar-refractivity contribution in [1.82, 2.24) is 0 Å². The molecule has 9 aromatic rings. The lowest BCUT2D eigenvalue weighted by molar-refractivity contribution is 0.672. The van der Waals surface area contributed by atoms with Crippen LogP contribution in [0.1, 0.15) is 0 Å². The first kappa shape index (κ1) is 26.3. The van der Waals surface area contributed by atoms with Gasteiger partial charge < -0.3 is 9.32 Å². The van der Waals surface area contributed by atoms with Crippen molar-refractivity contribution in [3.05, 3.63) is 176 Å². The zero-order valence-electron chi connectivity index (χ0n) is 25.1. The first-order valence-electron chi connectivity index (χ1n) is 15.7. The van der Waals surface area contributed by atoms with Gasteiger partial charge in [-0.05, 0) is 80.9 Å². The SMILES string of the molecule is c1ccc(-c2ccc(N(c3ccc(-c4cccc5ccccc45)cc3)c3cccc4ccc5c6ccccc6oc5c34)cc2)cc1. The minimum absolute atomic E-state index is 0.901. The fourth-order valence-corrected chi connectivity index (χ4v) is 6.85. The minimum atomic E-state index is 0.901. The van der Waals surface area contributed by atoms with E-state index < -0.39 is 0 Å². The second-order valence-corrected chi connectivity index (χ2v) is 11.7. The topological polar surface area (TPSA) is 16.4 Å². The second kappa shape index (κ2) is 10.8. The third-order valence-corrected chi connectivity index (χ3v) is 9.06. The normalized spacial score (nSPS) is 11.5. The van der Waals surface area contributed by atoms with Gasteiger partial charge in [-0.25, -0.2) is 0 Å². The van der Waals surface area contributed by atoms with Gasteiger partial charge in [0.1, 0.15) is 11.2 Å². The molecular formula is C44H29NO. The molecule has 0 N–H and O–H groups in total. The second-order valence-electron chi connectivity index (χ2n) is 11.7. The Bertz CT molecular complexity index is 2500. The summed E-state index contributed by atoms with van der Waals surface area (Å²) in [5.74, 6) is 0. The van der Waals surface area contributed by atoms with E-state index in [4.69, 9.17) is 4.42 Å². The molecule has 0 aliphatic heterocycles. The molecule has 2 nitrogen and oxygen atoms in total. The Morgan fingerprint density at radius 1 is 0.370 bits per heavy atom. The molecule has 0 fully saturated rings. The summed E-state index contributed by atoms with van der Waals surface area (Å²) in [4.78, 5) is 2.36. The van der Waals surface area contributed by atoms with Crippen molar-refractivity contribution in [2.75, 3.05) is 4.90 Å². The average Bonchev–Trinajstić information content (AvgIpc) is 3.52. The molecule has 0 aliphatic carbocycles. The Balaban J connectivity index is 1.25. The van der Waals surface area contributed by atoms with E-state index in [1.165, 1.54) is 33.0 Å². The third kappa shape index (κ3) is 4.35. The average molecular weight is 588 g/mol. The smallest absolute Gasteiger partial charge is 0.145 e. The van der Waals surface area contributed by atoms with Gasteiger partial charge in [-0.15, -0.1) is 0 Å². The summed E-state index contributed by atoms with van der Waals surface area (Å²) in [6.07, 6.45) is 0. The maximum absolute atomic E-state index is 6.60. The molecule has 0 saturated heterocycles. The van der Waals surface area contributed by atoms with E-state index >= 15 is 0 Å². The molecule has 46 heavy (non-hydrogen) atoms. The summed E-state index contributed by atoms with van der Waals surface area (Å²) in [7, 11) is 0. The monoisotopic (exact) mass is 587 g/mol. The number of hydrogen-bond donors (Lipinski definition) is 0. The van der Waals surface area contributed by atoms with Gasteiger partial charge in [-0.2, -0.15) is 0 Å². The summed E-state index contributed by atoms with van der Waals surface area (Å²) >= 11 is 0. The number of nitrogens with zero attached hydrogens (tertiary/aromatic N) is 1.